The van der Waals surface area contributed by atoms with Crippen LogP contribution in [0.15, 0.2) is 30.3 Å². The van der Waals surface area contributed by atoms with E-state index in [0.29, 0.717) is 6.17 Å². The van der Waals surface area contributed by atoms with Gasteiger partial charge in [0.15, 0.2) is 6.17 Å². The Kier molecular flexibility index (Phi) is 4.11. The zero-order valence-corrected chi connectivity index (χ0v) is 10.3. The summed E-state index contributed by atoms with van der Waals surface area (Å²) in [6.07, 6.45) is 0.557. The monoisotopic (exact) mass is 256 g/mol. The van der Waals surface area contributed by atoms with E-state index in [4.69, 9.17) is 0 Å². The molecular formula is C11H17BrN2. The Labute approximate surface area is 96.3 Å². The molecule has 1 saturated heterocycles. The first-order valence-electron chi connectivity index (χ1n) is 4.86. The van der Waals surface area contributed by atoms with E-state index in [9.17, 15) is 0 Å². The first-order chi connectivity index (χ1) is 6.29. The fraction of sp³-hybridized carbons (Fsp3) is 0.455. The number of halogens is 1. The van der Waals surface area contributed by atoms with Crippen molar-refractivity contribution in [3.05, 3.63) is 35.9 Å². The van der Waals surface area contributed by atoms with Crippen LogP contribution in [0.25, 0.3) is 0 Å². The largest absolute Gasteiger partial charge is 1.00 e. The standard InChI is InChI=1S/C11H16N2.BrH/c1-12-8-9-13(2)11(12)10-6-4-3-5-7-10;/h3-7,11H,8-9H2,1-2H3;1H. The van der Waals surface area contributed by atoms with Crippen LogP contribution in [-0.2, 0) is 0 Å². The summed E-state index contributed by atoms with van der Waals surface area (Å²) in [7, 11) is 4.47. The predicted molar refractivity (Wildman–Crippen MR) is 53.6 cm³/mol. The molecule has 0 spiro atoms. The van der Waals surface area contributed by atoms with Gasteiger partial charge >= 0.3 is 0 Å². The van der Waals surface area contributed by atoms with Gasteiger partial charge in [0.05, 0.1) is 20.1 Å². The lowest BCUT2D eigenvalue weighted by atomic mass is 10.1. The molecule has 1 N–H and O–H groups in total. The van der Waals surface area contributed by atoms with Crippen LogP contribution in [0.5, 0.6) is 0 Å². The van der Waals surface area contributed by atoms with Gasteiger partial charge in [-0.2, -0.15) is 0 Å². The minimum atomic E-state index is 0. The first kappa shape index (κ1) is 11.7. The Morgan fingerprint density at radius 3 is 2.43 bits per heavy atom. The van der Waals surface area contributed by atoms with Gasteiger partial charge in [-0.05, 0) is 7.05 Å². The van der Waals surface area contributed by atoms with E-state index in [1.54, 1.807) is 4.90 Å². The molecule has 2 nitrogen and oxygen atoms in total. The van der Waals surface area contributed by atoms with Gasteiger partial charge in [-0.3, -0.25) is 0 Å². The highest BCUT2D eigenvalue weighted by molar-refractivity contribution is 5.17. The zero-order chi connectivity index (χ0) is 9.26. The summed E-state index contributed by atoms with van der Waals surface area (Å²) in [6, 6.07) is 10.8. The highest BCUT2D eigenvalue weighted by Gasteiger charge is 2.31. The van der Waals surface area contributed by atoms with Gasteiger partial charge in [0.1, 0.15) is 0 Å². The topological polar surface area (TPSA) is 7.68 Å². The van der Waals surface area contributed by atoms with Crippen LogP contribution >= 0.6 is 0 Å². The lowest BCUT2D eigenvalue weighted by molar-refractivity contribution is -0.904. The van der Waals surface area contributed by atoms with Crippen LogP contribution < -0.4 is 21.9 Å². The van der Waals surface area contributed by atoms with Gasteiger partial charge in [0.2, 0.25) is 0 Å². The molecule has 3 heteroatoms. The zero-order valence-electron chi connectivity index (χ0n) is 8.70. The fourth-order valence-corrected chi connectivity index (χ4v) is 2.17. The second-order valence-electron chi connectivity index (χ2n) is 3.89. The second kappa shape index (κ2) is 4.91. The Hall–Kier alpha value is -0.380. The van der Waals surface area contributed by atoms with Gasteiger partial charge in [-0.15, -0.1) is 0 Å². The first-order valence-corrected chi connectivity index (χ1v) is 4.86. The number of nitrogens with one attached hydrogen (secondary N) is 1. The summed E-state index contributed by atoms with van der Waals surface area (Å²) in [6.45, 7) is 2.45. The van der Waals surface area contributed by atoms with Gasteiger partial charge in [-0.1, -0.05) is 30.3 Å². The fourth-order valence-electron chi connectivity index (χ4n) is 2.17. The Morgan fingerprint density at radius 2 is 1.93 bits per heavy atom. The van der Waals surface area contributed by atoms with E-state index in [2.05, 4.69) is 49.3 Å². The normalized spacial score (nSPS) is 27.3. The summed E-state index contributed by atoms with van der Waals surface area (Å²) in [5, 5.41) is 0. The molecule has 1 aromatic carbocycles. The maximum atomic E-state index is 2.42. The molecule has 0 radical (unpaired) electrons. The van der Waals surface area contributed by atoms with Crippen LogP contribution in [0.4, 0.5) is 0 Å². The average molecular weight is 257 g/mol. The van der Waals surface area contributed by atoms with E-state index in [1.165, 1.54) is 18.7 Å². The highest BCUT2D eigenvalue weighted by Crippen LogP contribution is 2.14. The van der Waals surface area contributed by atoms with Crippen LogP contribution in [0, 0.1) is 0 Å². The molecule has 2 rings (SSSR count). The lowest BCUT2D eigenvalue weighted by Gasteiger charge is -2.21. The highest BCUT2D eigenvalue weighted by atomic mass is 79.9. The third kappa shape index (κ3) is 2.16. The van der Waals surface area contributed by atoms with Crippen molar-refractivity contribution in [1.82, 2.24) is 4.90 Å². The predicted octanol–water partition coefficient (Wildman–Crippen LogP) is -2.85. The molecule has 2 unspecified atom stereocenters. The van der Waals surface area contributed by atoms with Gasteiger partial charge in [0, 0.05) is 5.56 Å². The minimum Gasteiger partial charge on any atom is -1.00 e. The summed E-state index contributed by atoms with van der Waals surface area (Å²) < 4.78 is 0. The molecule has 1 heterocycles. The maximum Gasteiger partial charge on any atom is 0.170 e. The summed E-state index contributed by atoms with van der Waals surface area (Å²) >= 11 is 0. The maximum absolute atomic E-state index is 2.42. The van der Waals surface area contributed by atoms with Crippen LogP contribution in [0.3, 0.4) is 0 Å². The third-order valence-electron chi connectivity index (χ3n) is 2.88. The van der Waals surface area contributed by atoms with Gasteiger partial charge < -0.3 is 21.9 Å². The number of likely N-dealkylation sites (N-methyl/N-ethyl adjacent to an activating group) is 2. The van der Waals surface area contributed by atoms with Crippen LogP contribution in [0.2, 0.25) is 0 Å². The van der Waals surface area contributed by atoms with Gasteiger partial charge in [0.25, 0.3) is 0 Å². The molecule has 0 saturated carbocycles. The number of hydrogen-bond donors (Lipinski definition) is 1. The van der Waals surface area contributed by atoms with Crippen molar-refractivity contribution in [3.63, 3.8) is 0 Å². The molecule has 0 amide bonds. The Balaban J connectivity index is 0.000000980. The molecule has 0 bridgehead atoms. The molecule has 14 heavy (non-hydrogen) atoms. The second-order valence-corrected chi connectivity index (χ2v) is 3.89. The molecule has 1 fully saturated rings. The smallest absolute Gasteiger partial charge is 0.170 e. The molecular weight excluding hydrogens is 240 g/mol. The molecule has 1 aliphatic rings. The SMILES string of the molecule is CN1CC[NH+](C)C1c1ccccc1.[Br-]. The molecule has 2 atom stereocenters. The van der Waals surface area contributed by atoms with Crippen molar-refractivity contribution >= 4 is 0 Å². The van der Waals surface area contributed by atoms with E-state index >= 15 is 0 Å². The Morgan fingerprint density at radius 1 is 1.29 bits per heavy atom. The van der Waals surface area contributed by atoms with E-state index in [0.717, 1.165) is 0 Å². The number of rotatable bonds is 1. The molecule has 0 aromatic heterocycles. The summed E-state index contributed by atoms with van der Waals surface area (Å²) in [5.74, 6) is 0. The number of nitrogens with zero attached hydrogens (tertiary/aromatic N) is 1. The molecule has 1 aliphatic heterocycles. The van der Waals surface area contributed by atoms with Crippen LogP contribution in [-0.4, -0.2) is 32.1 Å². The quantitative estimate of drug-likeness (QED) is 0.569. The number of quaternary nitrogens is 1. The van der Waals surface area contributed by atoms with Crippen molar-refractivity contribution in [2.45, 2.75) is 6.17 Å². The van der Waals surface area contributed by atoms with E-state index in [1.807, 2.05) is 0 Å². The summed E-state index contributed by atoms with van der Waals surface area (Å²) in [5.41, 5.74) is 1.43. The van der Waals surface area contributed by atoms with E-state index < -0.39 is 0 Å². The van der Waals surface area contributed by atoms with Crippen molar-refractivity contribution in [2.24, 2.45) is 0 Å². The minimum absolute atomic E-state index is 0. The molecule has 0 aliphatic carbocycles. The third-order valence-corrected chi connectivity index (χ3v) is 2.88. The Bertz CT molecular complexity index is 266. The van der Waals surface area contributed by atoms with E-state index in [-0.39, 0.29) is 17.0 Å². The number of hydrogen-bond acceptors (Lipinski definition) is 1. The lowest BCUT2D eigenvalue weighted by Crippen LogP contribution is -3.07. The van der Waals surface area contributed by atoms with Crippen molar-refractivity contribution in [2.75, 3.05) is 27.2 Å². The van der Waals surface area contributed by atoms with Crippen molar-refractivity contribution in [1.29, 1.82) is 0 Å². The summed E-state index contributed by atoms with van der Waals surface area (Å²) in [4.78, 5) is 4.01. The molecule has 1 aromatic rings. The van der Waals surface area contributed by atoms with Crippen molar-refractivity contribution in [3.8, 4) is 0 Å². The average Bonchev–Trinajstić information content (AvgIpc) is 2.48. The van der Waals surface area contributed by atoms with Crippen LogP contribution in [0.1, 0.15) is 11.7 Å². The molecule has 78 valence electrons. The van der Waals surface area contributed by atoms with Crippen molar-refractivity contribution < 1.29 is 21.9 Å². The van der Waals surface area contributed by atoms with Gasteiger partial charge in [-0.25, -0.2) is 4.90 Å². The number of benzene rings is 1.